The average Bonchev–Trinajstić information content (AvgIpc) is 3.09. The Hall–Kier alpha value is -1.82. The number of ether oxygens (including phenoxy) is 1. The van der Waals surface area contributed by atoms with Crippen molar-refractivity contribution in [1.82, 2.24) is 14.4 Å². The van der Waals surface area contributed by atoms with Crippen molar-refractivity contribution in [2.45, 2.75) is 59.4 Å². The number of hydrogen-bond donors (Lipinski definition) is 0. The third-order valence-electron chi connectivity index (χ3n) is 5.20. The molecule has 28 heavy (non-hydrogen) atoms. The molecule has 0 saturated carbocycles. The highest BCUT2D eigenvalue weighted by Gasteiger charge is 2.26. The topological polar surface area (TPSA) is 54.8 Å². The van der Waals surface area contributed by atoms with Crippen LogP contribution in [0.2, 0.25) is 0 Å². The summed E-state index contributed by atoms with van der Waals surface area (Å²) < 4.78 is 7.20. The molecule has 6 heteroatoms. The summed E-state index contributed by atoms with van der Waals surface area (Å²) in [5.41, 5.74) is 1.06. The first-order chi connectivity index (χ1) is 13.5. The number of rotatable bonds is 14. The minimum absolute atomic E-state index is 0.0135. The molecule has 0 fully saturated rings. The third kappa shape index (κ3) is 7.66. The van der Waals surface area contributed by atoms with Gasteiger partial charge in [0.25, 0.3) is 0 Å². The maximum Gasteiger partial charge on any atom is 0.242 e. The highest BCUT2D eigenvalue weighted by molar-refractivity contribution is 5.86. The molecule has 0 spiro atoms. The molecule has 0 N–H and O–H groups in total. The van der Waals surface area contributed by atoms with Crippen LogP contribution in [0.15, 0.2) is 18.3 Å². The van der Waals surface area contributed by atoms with Crippen molar-refractivity contribution in [1.29, 1.82) is 0 Å². The Morgan fingerprint density at radius 3 is 2.43 bits per heavy atom. The third-order valence-corrected chi connectivity index (χ3v) is 5.20. The molecule has 0 radical (unpaired) electrons. The molecule has 0 saturated heterocycles. The zero-order valence-electron chi connectivity index (χ0n) is 18.4. The molecule has 1 aromatic heterocycles. The van der Waals surface area contributed by atoms with Crippen LogP contribution in [-0.4, -0.2) is 59.5 Å². The number of aromatic nitrogens is 1. The van der Waals surface area contributed by atoms with Gasteiger partial charge >= 0.3 is 0 Å². The number of carbonyl (C=O) groups excluding carboxylic acids is 2. The van der Waals surface area contributed by atoms with Gasteiger partial charge in [0, 0.05) is 45.1 Å². The maximum absolute atomic E-state index is 13.1. The molecule has 1 aromatic rings. The highest BCUT2D eigenvalue weighted by Crippen LogP contribution is 2.17. The van der Waals surface area contributed by atoms with Gasteiger partial charge in [-0.25, -0.2) is 0 Å². The lowest BCUT2D eigenvalue weighted by molar-refractivity contribution is -0.143. The number of methoxy groups -OCH3 is 1. The molecule has 1 heterocycles. The molecule has 160 valence electrons. The van der Waals surface area contributed by atoms with Crippen LogP contribution in [0.3, 0.4) is 0 Å². The highest BCUT2D eigenvalue weighted by atomic mass is 16.5. The fourth-order valence-corrected chi connectivity index (χ4v) is 3.36. The van der Waals surface area contributed by atoms with E-state index >= 15 is 0 Å². The average molecular weight is 394 g/mol. The van der Waals surface area contributed by atoms with Crippen LogP contribution in [-0.2, 0) is 27.9 Å². The largest absolute Gasteiger partial charge is 0.383 e. The van der Waals surface area contributed by atoms with Crippen LogP contribution in [0.5, 0.6) is 0 Å². The summed E-state index contributed by atoms with van der Waals surface area (Å²) in [5, 5.41) is 0. The second-order valence-corrected chi connectivity index (χ2v) is 7.43. The van der Waals surface area contributed by atoms with E-state index < -0.39 is 0 Å². The summed E-state index contributed by atoms with van der Waals surface area (Å²) >= 11 is 0. The van der Waals surface area contributed by atoms with Crippen molar-refractivity contribution in [2.24, 2.45) is 13.0 Å². The van der Waals surface area contributed by atoms with Crippen molar-refractivity contribution in [3.05, 3.63) is 24.0 Å². The number of nitrogens with zero attached hydrogens (tertiary/aromatic N) is 3. The maximum atomic E-state index is 13.1. The lowest BCUT2D eigenvalue weighted by atomic mass is 9.97. The molecule has 0 unspecified atom stereocenters. The monoisotopic (exact) mass is 393 g/mol. The summed E-state index contributed by atoms with van der Waals surface area (Å²) in [5.74, 6) is 0.113. The van der Waals surface area contributed by atoms with Crippen molar-refractivity contribution >= 4 is 11.8 Å². The smallest absolute Gasteiger partial charge is 0.242 e. The minimum atomic E-state index is -0.0228. The Labute approximate surface area is 170 Å². The molecule has 0 aliphatic carbocycles. The van der Waals surface area contributed by atoms with Gasteiger partial charge in [0.2, 0.25) is 11.8 Å². The summed E-state index contributed by atoms with van der Waals surface area (Å²) in [6.45, 7) is 8.52. The van der Waals surface area contributed by atoms with Crippen LogP contribution in [0.4, 0.5) is 0 Å². The number of hydrogen-bond acceptors (Lipinski definition) is 3. The molecule has 6 nitrogen and oxygen atoms in total. The Bertz CT molecular complexity index is 585. The Morgan fingerprint density at radius 2 is 1.89 bits per heavy atom. The van der Waals surface area contributed by atoms with E-state index in [1.54, 1.807) is 16.9 Å². The summed E-state index contributed by atoms with van der Waals surface area (Å²) in [6.07, 6.45) is 6.67. The fourth-order valence-electron chi connectivity index (χ4n) is 3.36. The molecule has 0 aliphatic rings. The normalized spacial score (nSPS) is 12.0. The van der Waals surface area contributed by atoms with Gasteiger partial charge in [-0.05, 0) is 31.4 Å². The number of amides is 2. The van der Waals surface area contributed by atoms with Gasteiger partial charge < -0.3 is 19.1 Å². The summed E-state index contributed by atoms with van der Waals surface area (Å²) in [7, 11) is 3.61. The number of aryl methyl sites for hydroxylation is 1. The first-order valence-corrected chi connectivity index (χ1v) is 10.6. The van der Waals surface area contributed by atoms with E-state index in [9.17, 15) is 9.59 Å². The second-order valence-electron chi connectivity index (χ2n) is 7.43. The molecule has 0 aliphatic heterocycles. The molecule has 0 aromatic carbocycles. The van der Waals surface area contributed by atoms with Crippen LogP contribution in [0.1, 0.15) is 58.6 Å². The van der Waals surface area contributed by atoms with Gasteiger partial charge in [0.05, 0.1) is 19.7 Å². The van der Waals surface area contributed by atoms with Crippen LogP contribution in [0.25, 0.3) is 0 Å². The van der Waals surface area contributed by atoms with Gasteiger partial charge in [0.15, 0.2) is 0 Å². The van der Waals surface area contributed by atoms with Gasteiger partial charge in [-0.3, -0.25) is 9.59 Å². The van der Waals surface area contributed by atoms with Crippen LogP contribution in [0, 0.1) is 5.92 Å². The lowest BCUT2D eigenvalue weighted by Crippen LogP contribution is -2.46. The molecule has 0 bridgehead atoms. The van der Waals surface area contributed by atoms with Crippen molar-refractivity contribution in [2.75, 3.05) is 33.4 Å². The molecule has 2 amide bonds. The van der Waals surface area contributed by atoms with Gasteiger partial charge in [0.1, 0.15) is 0 Å². The standard InChI is InChI=1S/C22H39N3O3/c1-6-9-11-19(8-3)22(27)25(13-7-2)18-21(26)24(15-16-28-5)17-20-12-10-14-23(20)4/h10,12,14,19H,6-9,11,13,15-18H2,1-5H3/t19-/m1/s1. The van der Waals surface area contributed by atoms with Gasteiger partial charge in [-0.2, -0.15) is 0 Å². The van der Waals surface area contributed by atoms with E-state index in [2.05, 4.69) is 13.8 Å². The zero-order chi connectivity index (χ0) is 20.9. The predicted molar refractivity (Wildman–Crippen MR) is 113 cm³/mol. The van der Waals surface area contributed by atoms with Crippen molar-refractivity contribution in [3.8, 4) is 0 Å². The molecule has 1 rings (SSSR count). The summed E-state index contributed by atoms with van der Waals surface area (Å²) in [6, 6.07) is 3.99. The van der Waals surface area contributed by atoms with E-state index in [4.69, 9.17) is 4.74 Å². The van der Waals surface area contributed by atoms with Gasteiger partial charge in [-0.1, -0.05) is 33.6 Å². The molecule has 1 atom stereocenters. The van der Waals surface area contributed by atoms with E-state index in [1.165, 1.54) is 0 Å². The van der Waals surface area contributed by atoms with Gasteiger partial charge in [-0.15, -0.1) is 0 Å². The van der Waals surface area contributed by atoms with Crippen LogP contribution >= 0.6 is 0 Å². The van der Waals surface area contributed by atoms with Crippen molar-refractivity contribution < 1.29 is 14.3 Å². The van der Waals surface area contributed by atoms with Crippen LogP contribution < -0.4 is 0 Å². The molecular formula is C22H39N3O3. The quantitative estimate of drug-likeness (QED) is 0.486. The van der Waals surface area contributed by atoms with Crippen molar-refractivity contribution in [3.63, 3.8) is 0 Å². The minimum Gasteiger partial charge on any atom is -0.383 e. The predicted octanol–water partition coefficient (Wildman–Crippen LogP) is 3.46. The first kappa shape index (κ1) is 24.2. The second kappa shape index (κ2) is 13.4. The molecular weight excluding hydrogens is 354 g/mol. The van der Waals surface area contributed by atoms with E-state index in [-0.39, 0.29) is 24.3 Å². The van der Waals surface area contributed by atoms with E-state index in [0.717, 1.165) is 37.8 Å². The fraction of sp³-hybridized carbons (Fsp3) is 0.727. The Kier molecular flexibility index (Phi) is 11.6. The number of carbonyl (C=O) groups is 2. The summed E-state index contributed by atoms with van der Waals surface area (Å²) in [4.78, 5) is 29.7. The van der Waals surface area contributed by atoms with E-state index in [0.29, 0.717) is 26.2 Å². The van der Waals surface area contributed by atoms with E-state index in [1.807, 2.05) is 36.9 Å². The lowest BCUT2D eigenvalue weighted by Gasteiger charge is -2.30. The zero-order valence-corrected chi connectivity index (χ0v) is 18.4. The first-order valence-electron chi connectivity index (χ1n) is 10.6. The Morgan fingerprint density at radius 1 is 1.14 bits per heavy atom. The number of unbranched alkanes of at least 4 members (excludes halogenated alkanes) is 1. The SMILES string of the molecule is CCCC[C@@H](CC)C(=O)N(CCC)CC(=O)N(CCOC)Cc1cccn1C. The Balaban J connectivity index is 2.86.